The molecular formula is C110H93N13O5. The van der Waals surface area contributed by atoms with Crippen LogP contribution in [0.15, 0.2) is 180 Å². The molecule has 628 valence electrons. The maximum atomic E-state index is 13.9. The van der Waals surface area contributed by atoms with E-state index in [0.717, 1.165) is 199 Å². The second kappa shape index (κ2) is 29.1. The Labute approximate surface area is 737 Å². The molecule has 12 aliphatic rings. The largest absolute Gasteiger partial charge is 0.461 e. The highest BCUT2D eigenvalue weighted by Crippen LogP contribution is 2.67. The lowest BCUT2D eigenvalue weighted by molar-refractivity contribution is -0.142. The van der Waals surface area contributed by atoms with Crippen LogP contribution >= 0.6 is 0 Å². The van der Waals surface area contributed by atoms with Gasteiger partial charge in [0.15, 0.2) is 0 Å². The first-order valence-electron chi connectivity index (χ1n) is 46.2. The number of aromatic amines is 4. The Morgan fingerprint density at radius 3 is 1.80 bits per heavy atom. The molecule has 4 aliphatic carbocycles. The second-order valence-electron chi connectivity index (χ2n) is 37.3. The monoisotopic (exact) mass is 1680 g/mol. The van der Waals surface area contributed by atoms with Crippen LogP contribution in [-0.4, -0.2) is 138 Å². The molecule has 7 aromatic heterocycles. The number of fused-ring (bicyclic) bond motifs is 26. The van der Waals surface area contributed by atoms with Crippen LogP contribution in [0.2, 0.25) is 0 Å². The summed E-state index contributed by atoms with van der Waals surface area (Å²) in [6.45, 7) is 6.08. The highest BCUT2D eigenvalue weighted by Gasteiger charge is 2.50. The van der Waals surface area contributed by atoms with E-state index >= 15 is 0 Å². The van der Waals surface area contributed by atoms with E-state index < -0.39 is 0 Å². The average molecular weight is 1680 g/mol. The molecule has 5 atom stereocenters. The number of likely N-dealkylation sites (tertiary alicyclic amines) is 1. The molecule has 1 fully saturated rings. The number of ether oxygens (including phenoxy) is 4. The van der Waals surface area contributed by atoms with E-state index in [-0.39, 0.29) is 42.9 Å². The van der Waals surface area contributed by atoms with E-state index in [1.165, 1.54) is 11.1 Å². The maximum Gasteiger partial charge on any atom is 0.306 e. The molecule has 28 rings (SSSR count). The van der Waals surface area contributed by atoms with Gasteiger partial charge in [0.25, 0.3) is 0 Å². The van der Waals surface area contributed by atoms with Gasteiger partial charge in [0, 0.05) is 149 Å². The minimum atomic E-state index is -0.313. The Morgan fingerprint density at radius 1 is 0.484 bits per heavy atom. The van der Waals surface area contributed by atoms with Crippen LogP contribution < -0.4 is 10.7 Å². The van der Waals surface area contributed by atoms with Crippen molar-refractivity contribution < 1.29 is 23.7 Å². The highest BCUT2D eigenvalue weighted by molar-refractivity contribution is 6.57. The molecule has 8 aliphatic heterocycles. The molecule has 128 heavy (non-hydrogen) atoms. The minimum Gasteiger partial charge on any atom is -0.461 e. The topological polar surface area (TPSA) is 214 Å². The van der Waals surface area contributed by atoms with Gasteiger partial charge in [0.2, 0.25) is 0 Å². The number of carbonyl (C=O) groups excluding carboxylic acids is 1. The third-order valence-electron chi connectivity index (χ3n) is 30.3. The molecule has 0 spiro atoms. The van der Waals surface area contributed by atoms with Gasteiger partial charge in [0.05, 0.1) is 77.0 Å². The zero-order valence-electron chi connectivity index (χ0n) is 71.9. The predicted octanol–water partition coefficient (Wildman–Crippen LogP) is 19.8. The molecule has 16 aromatic rings. The molecule has 5 unspecified atom stereocenters. The van der Waals surface area contributed by atoms with Crippen molar-refractivity contribution in [1.82, 2.24) is 54.3 Å². The summed E-state index contributed by atoms with van der Waals surface area (Å²) >= 11 is 0. The van der Waals surface area contributed by atoms with E-state index in [0.29, 0.717) is 71.2 Å². The summed E-state index contributed by atoms with van der Waals surface area (Å²) in [7, 11) is 4.40. The molecule has 20 bridgehead atoms. The smallest absolute Gasteiger partial charge is 0.306 e. The van der Waals surface area contributed by atoms with Crippen LogP contribution in [0.25, 0.3) is 150 Å². The molecule has 4 N–H and O–H groups in total. The van der Waals surface area contributed by atoms with Gasteiger partial charge in [-0.15, -0.1) is 0 Å². The van der Waals surface area contributed by atoms with Crippen LogP contribution in [0.3, 0.4) is 0 Å². The predicted molar refractivity (Wildman–Crippen MR) is 511 cm³/mol. The number of likely N-dealkylation sites (N-methyl/N-ethyl adjacent to an activating group) is 1. The van der Waals surface area contributed by atoms with Crippen molar-refractivity contribution >= 4 is 156 Å². The molecule has 1 saturated heterocycles. The standard InChI is InChI=1S/C110H93N13O5/c1-57-73-22-24-75(114-73)66-12-8-46-125-43-4-5-44-126-47-9-13-67-76-26-32-83(116-76)90(58-15-17-59(18-16-58)108-97-71-55-65-53-63-51-61-20-19-60-50-62-52-64-54-70(72(97)56-123(108)3)98-99(71)105-96(65)94(63)103-92(61)91(60)102-93(62)95(64)104(98)107(105)106(102)103)84-33-27-77(117-84)68(79-29-35-86(119-79)100(85-34-28-78(67)118-85)109-111-39-11-40-112-109)14-10-48-127-45-6-7-49-128-89(124)38-21-69(81-25-23-74(57)115-81)82-31-37-88(121-82)101(87-36-30-80(66)120-87)110-113-41-42-122(110)2/h4-7,11,15-18,22-27,29-33,35-37,39-42,50-51,54-55,72,85,97,100,108,115-116,119-120H,8-10,12-14,19-21,28,34,38,43-49,52-53,56H2,1-3H3/b5-4-,7-6-,73-57?,74-57?,75-66?,76-67-,77-68?,80-66?,81-69?,82-69?,90-83-,101-87?,101-88?. The molecule has 15 heterocycles. The van der Waals surface area contributed by atoms with Crippen molar-refractivity contribution in [3.05, 3.63) is 293 Å². The van der Waals surface area contributed by atoms with Gasteiger partial charge in [-0.05, 0) is 337 Å². The van der Waals surface area contributed by atoms with Gasteiger partial charge in [-0.2, -0.15) is 0 Å². The van der Waals surface area contributed by atoms with Crippen molar-refractivity contribution in [2.45, 2.75) is 127 Å². The zero-order chi connectivity index (χ0) is 84.4. The summed E-state index contributed by atoms with van der Waals surface area (Å²) in [4.78, 5) is 69.2. The summed E-state index contributed by atoms with van der Waals surface area (Å²) in [5.41, 5.74) is 33.9. The number of aliphatic imine (C=N–C) groups is 2. The summed E-state index contributed by atoms with van der Waals surface area (Å²) in [6, 6.07) is 39.8. The van der Waals surface area contributed by atoms with Crippen LogP contribution in [0, 0.1) is 6.92 Å². The van der Waals surface area contributed by atoms with Gasteiger partial charge in [-0.3, -0.25) is 14.7 Å². The Kier molecular flexibility index (Phi) is 17.0. The molecule has 0 saturated carbocycles. The van der Waals surface area contributed by atoms with Crippen molar-refractivity contribution in [1.29, 1.82) is 0 Å². The number of hydrogen-bond acceptors (Lipinski definition) is 13. The van der Waals surface area contributed by atoms with E-state index in [1.54, 1.807) is 120 Å². The fourth-order valence-corrected chi connectivity index (χ4v) is 24.9. The first kappa shape index (κ1) is 74.8. The van der Waals surface area contributed by atoms with Gasteiger partial charge in [-0.25, -0.2) is 29.9 Å². The lowest BCUT2D eigenvalue weighted by atomic mass is 9.71. The number of aryl methyl sites for hydroxylation is 6. The van der Waals surface area contributed by atoms with Crippen molar-refractivity contribution in [2.24, 2.45) is 17.0 Å². The van der Waals surface area contributed by atoms with Gasteiger partial charge in [0.1, 0.15) is 18.3 Å². The van der Waals surface area contributed by atoms with Gasteiger partial charge >= 0.3 is 5.97 Å². The summed E-state index contributed by atoms with van der Waals surface area (Å²) in [6.07, 6.45) is 39.0. The molecule has 0 radical (unpaired) electrons. The number of nitrogens with one attached hydrogen (secondary N) is 4. The quantitative estimate of drug-likeness (QED) is 0.0739. The molecule has 18 nitrogen and oxygen atoms in total. The Balaban J connectivity index is 0.533. The normalized spacial score (nSPS) is 22.3. The Morgan fingerprint density at radius 2 is 1.09 bits per heavy atom. The lowest BCUT2D eigenvalue weighted by Gasteiger charge is -2.32. The Hall–Kier alpha value is -13.4. The van der Waals surface area contributed by atoms with E-state index in [2.05, 4.69) is 172 Å². The molecule has 18 heteroatoms. The van der Waals surface area contributed by atoms with Crippen molar-refractivity contribution in [3.63, 3.8) is 0 Å². The minimum absolute atomic E-state index is 0.112. The lowest BCUT2D eigenvalue weighted by Crippen LogP contribution is -2.22. The zero-order valence-corrected chi connectivity index (χ0v) is 71.9. The van der Waals surface area contributed by atoms with E-state index in [1.807, 2.05) is 66.8 Å². The van der Waals surface area contributed by atoms with E-state index in [9.17, 15) is 4.79 Å². The number of benzene rings is 7. The summed E-state index contributed by atoms with van der Waals surface area (Å²) < 4.78 is 27.2. The number of rotatable bonds is 4. The van der Waals surface area contributed by atoms with Crippen molar-refractivity contribution in [2.75, 3.05) is 59.8 Å². The highest BCUT2D eigenvalue weighted by atomic mass is 16.5. The molecule has 0 amide bonds. The SMILES string of the molecule is Cc1c2nc(c3c4ccc([nH]4)c(-c4nccn4C)c4nc(c(c5ccc1[nH]5)CCC(=O)OC/C=C\COCCCC1=C5C=CC(=N5)/C(c5ccc(C6C7c8cc9c%10c%11c(cc%12c%13c%14c(cc%15c%16c%17c(cc(c%18c8c%10c(c%17%18)c(c%14%16)c%13%11)C7CN6C)C%15)CC%12)C9)cc5)=c5/cc/c([nH]5)=C(\CCCOC/C=C\COCCC3)C3=NC(CC3)C(c3ncccn3)c3ccc1[nH]3)C=C4)C=C2. The third kappa shape index (κ3) is 11.4. The number of esters is 1. The second-order valence-corrected chi connectivity index (χ2v) is 37.3. The molecule has 9 aromatic carbocycles. The maximum absolute atomic E-state index is 13.9. The summed E-state index contributed by atoms with van der Waals surface area (Å²) in [5, 5.41) is 24.1. The Bertz CT molecular complexity index is 8040. The van der Waals surface area contributed by atoms with Crippen molar-refractivity contribution in [3.8, 4) is 11.4 Å². The first-order valence-corrected chi connectivity index (χ1v) is 46.2. The van der Waals surface area contributed by atoms with Crippen LogP contribution in [0.1, 0.15) is 187 Å². The van der Waals surface area contributed by atoms with Gasteiger partial charge < -0.3 is 43.5 Å². The summed E-state index contributed by atoms with van der Waals surface area (Å²) in [5.74, 6) is 1.57. The number of allylic oxidation sites excluding steroid dienone is 3. The van der Waals surface area contributed by atoms with E-state index in [4.69, 9.17) is 53.9 Å². The van der Waals surface area contributed by atoms with Gasteiger partial charge in [-0.1, -0.05) is 66.8 Å². The number of H-pyrrole nitrogens is 4. The van der Waals surface area contributed by atoms with Crippen LogP contribution in [0.5, 0.6) is 0 Å². The first-order chi connectivity index (χ1) is 63.1. The number of aromatic nitrogens is 10. The average Bonchev–Trinajstić information content (AvgIpc) is 1.46. The van der Waals surface area contributed by atoms with Crippen LogP contribution in [-0.2, 0) is 69.3 Å². The fraction of sp³-hybridized carbons (Fsp3) is 0.273. The number of nitrogens with zero attached hydrogens (tertiary/aromatic N) is 9. The number of carbonyl (C=O) groups is 1. The van der Waals surface area contributed by atoms with Crippen LogP contribution in [0.4, 0.5) is 0 Å². The molecular weight excluding hydrogens is 1580 g/mol. The number of hydrogen-bond donors (Lipinski definition) is 4. The fourth-order valence-electron chi connectivity index (χ4n) is 24.9. The number of imidazole rings is 1. The third-order valence-corrected chi connectivity index (χ3v) is 30.3.